The highest BCUT2D eigenvalue weighted by molar-refractivity contribution is 6.46. The number of aryl methyl sites for hydroxylation is 2. The lowest BCUT2D eigenvalue weighted by Crippen LogP contribution is -2.32. The van der Waals surface area contributed by atoms with Crippen molar-refractivity contribution in [3.8, 4) is 11.5 Å². The van der Waals surface area contributed by atoms with E-state index in [1.807, 2.05) is 32.0 Å². The minimum Gasteiger partial charge on any atom is -0.493 e. The fraction of sp³-hybridized carbons (Fsp3) is 0.154. The highest BCUT2D eigenvalue weighted by Gasteiger charge is 2.40. The van der Waals surface area contributed by atoms with Gasteiger partial charge in [-0.3, -0.25) is 9.59 Å². The molecule has 0 bridgehead atoms. The van der Waals surface area contributed by atoms with Crippen LogP contribution >= 0.6 is 0 Å². The van der Waals surface area contributed by atoms with Gasteiger partial charge in [-0.25, -0.2) is 9.29 Å². The van der Waals surface area contributed by atoms with E-state index in [-0.39, 0.29) is 17.0 Å². The molecule has 33 heavy (non-hydrogen) atoms. The van der Waals surface area contributed by atoms with Crippen LogP contribution in [0.25, 0.3) is 5.57 Å². The monoisotopic (exact) mass is 446 g/mol. The molecule has 1 aliphatic rings. The van der Waals surface area contributed by atoms with Gasteiger partial charge in [0, 0.05) is 5.69 Å². The number of amides is 2. The van der Waals surface area contributed by atoms with Crippen molar-refractivity contribution in [2.24, 2.45) is 0 Å². The van der Waals surface area contributed by atoms with Crippen molar-refractivity contribution >= 4 is 28.8 Å². The Morgan fingerprint density at radius 1 is 0.818 bits per heavy atom. The van der Waals surface area contributed by atoms with Crippen molar-refractivity contribution in [1.82, 2.24) is 0 Å². The third kappa shape index (κ3) is 4.05. The molecular formula is C26H23FN2O4. The van der Waals surface area contributed by atoms with Crippen molar-refractivity contribution in [2.45, 2.75) is 13.8 Å². The van der Waals surface area contributed by atoms with E-state index in [1.165, 1.54) is 32.4 Å². The number of ether oxygens (including phenoxy) is 2. The van der Waals surface area contributed by atoms with E-state index in [2.05, 4.69) is 5.32 Å². The average Bonchev–Trinajstić information content (AvgIpc) is 3.05. The molecule has 0 saturated heterocycles. The maximum absolute atomic E-state index is 13.9. The number of nitrogens with zero attached hydrogens (tertiary/aromatic N) is 1. The first-order valence-corrected chi connectivity index (χ1v) is 10.3. The van der Waals surface area contributed by atoms with Crippen LogP contribution in [0.4, 0.5) is 15.8 Å². The van der Waals surface area contributed by atoms with Crippen LogP contribution in [0.2, 0.25) is 0 Å². The summed E-state index contributed by atoms with van der Waals surface area (Å²) in [4.78, 5) is 27.9. The molecule has 3 aromatic carbocycles. The lowest BCUT2D eigenvalue weighted by molar-refractivity contribution is -0.120. The molecule has 1 heterocycles. The molecule has 6 nitrogen and oxygen atoms in total. The fourth-order valence-corrected chi connectivity index (χ4v) is 3.72. The number of carbonyl (C=O) groups excluding carboxylic acids is 2. The van der Waals surface area contributed by atoms with Gasteiger partial charge < -0.3 is 14.8 Å². The molecule has 3 aromatic rings. The van der Waals surface area contributed by atoms with E-state index in [0.717, 1.165) is 22.1 Å². The summed E-state index contributed by atoms with van der Waals surface area (Å²) in [6.07, 6.45) is 0. The summed E-state index contributed by atoms with van der Waals surface area (Å²) in [6, 6.07) is 16.0. The van der Waals surface area contributed by atoms with E-state index in [0.29, 0.717) is 22.7 Å². The SMILES string of the molecule is COc1ccc(C2=C(Nc3ccc(C)c(C)c3)C(=O)N(c3cccc(F)c3)C2=O)cc1OC. The van der Waals surface area contributed by atoms with Crippen LogP contribution < -0.4 is 19.7 Å². The van der Waals surface area contributed by atoms with Crippen molar-refractivity contribution in [2.75, 3.05) is 24.4 Å². The van der Waals surface area contributed by atoms with E-state index < -0.39 is 17.6 Å². The third-order valence-corrected chi connectivity index (χ3v) is 5.60. The number of nitrogens with one attached hydrogen (secondary N) is 1. The zero-order valence-electron chi connectivity index (χ0n) is 18.7. The average molecular weight is 446 g/mol. The summed E-state index contributed by atoms with van der Waals surface area (Å²) in [5.41, 5.74) is 3.67. The molecule has 7 heteroatoms. The van der Waals surface area contributed by atoms with Gasteiger partial charge in [0.05, 0.1) is 25.5 Å². The number of anilines is 2. The second-order valence-corrected chi connectivity index (χ2v) is 7.67. The molecule has 0 atom stereocenters. The van der Waals surface area contributed by atoms with Gasteiger partial charge in [-0.15, -0.1) is 0 Å². The standard InChI is InChI=1S/C26H23FN2O4/c1-15-8-10-19(12-16(15)2)28-24-23(17-9-11-21(32-3)22(13-17)33-4)25(30)29(26(24)31)20-7-5-6-18(27)14-20/h5-14,28H,1-4H3. The Bertz CT molecular complexity index is 1300. The smallest absolute Gasteiger partial charge is 0.282 e. The largest absolute Gasteiger partial charge is 0.493 e. The van der Waals surface area contributed by atoms with Crippen LogP contribution in [0.15, 0.2) is 66.4 Å². The molecule has 0 aromatic heterocycles. The van der Waals surface area contributed by atoms with Gasteiger partial charge in [0.15, 0.2) is 11.5 Å². The highest BCUT2D eigenvalue weighted by atomic mass is 19.1. The number of methoxy groups -OCH3 is 2. The summed E-state index contributed by atoms with van der Waals surface area (Å²) in [7, 11) is 3.00. The third-order valence-electron chi connectivity index (χ3n) is 5.60. The molecule has 0 saturated carbocycles. The molecule has 1 aliphatic heterocycles. The molecule has 0 fully saturated rings. The second-order valence-electron chi connectivity index (χ2n) is 7.67. The van der Waals surface area contributed by atoms with Crippen molar-refractivity contribution in [3.05, 3.63) is 88.9 Å². The Balaban J connectivity index is 1.86. The van der Waals surface area contributed by atoms with Gasteiger partial charge >= 0.3 is 0 Å². The number of halogens is 1. The first-order chi connectivity index (χ1) is 15.8. The van der Waals surface area contributed by atoms with Crippen LogP contribution in [-0.2, 0) is 9.59 Å². The molecule has 0 radical (unpaired) electrons. The van der Waals surface area contributed by atoms with Crippen molar-refractivity contribution in [3.63, 3.8) is 0 Å². The van der Waals surface area contributed by atoms with E-state index in [4.69, 9.17) is 9.47 Å². The van der Waals surface area contributed by atoms with Crippen LogP contribution in [0.3, 0.4) is 0 Å². The minimum absolute atomic E-state index is 0.0970. The molecule has 4 rings (SSSR count). The van der Waals surface area contributed by atoms with Crippen LogP contribution in [-0.4, -0.2) is 26.0 Å². The number of benzene rings is 3. The van der Waals surface area contributed by atoms with E-state index in [1.54, 1.807) is 18.2 Å². The second kappa shape index (κ2) is 8.78. The fourth-order valence-electron chi connectivity index (χ4n) is 3.72. The molecule has 1 N–H and O–H groups in total. The number of hydrogen-bond acceptors (Lipinski definition) is 5. The van der Waals surface area contributed by atoms with E-state index in [9.17, 15) is 14.0 Å². The Kier molecular flexibility index (Phi) is 5.87. The lowest BCUT2D eigenvalue weighted by atomic mass is 10.0. The van der Waals surface area contributed by atoms with Crippen molar-refractivity contribution < 1.29 is 23.5 Å². The maximum atomic E-state index is 13.9. The minimum atomic E-state index is -0.575. The first kappa shape index (κ1) is 22.1. The molecule has 2 amide bonds. The van der Waals surface area contributed by atoms with Gasteiger partial charge in [-0.1, -0.05) is 18.2 Å². The summed E-state index contributed by atoms with van der Waals surface area (Å²) in [6.45, 7) is 3.95. The Morgan fingerprint density at radius 3 is 2.24 bits per heavy atom. The summed E-state index contributed by atoms with van der Waals surface area (Å²) < 4.78 is 24.6. The molecular weight excluding hydrogens is 423 g/mol. The van der Waals surface area contributed by atoms with Crippen LogP contribution in [0.5, 0.6) is 11.5 Å². The van der Waals surface area contributed by atoms with Gasteiger partial charge in [0.25, 0.3) is 11.8 Å². The molecule has 0 aliphatic carbocycles. The van der Waals surface area contributed by atoms with Gasteiger partial charge in [-0.05, 0) is 73.0 Å². The maximum Gasteiger partial charge on any atom is 0.282 e. The van der Waals surface area contributed by atoms with E-state index >= 15 is 0 Å². The normalized spacial score (nSPS) is 13.5. The number of carbonyl (C=O) groups is 2. The number of imide groups is 1. The van der Waals surface area contributed by atoms with Crippen LogP contribution in [0, 0.1) is 19.7 Å². The highest BCUT2D eigenvalue weighted by Crippen LogP contribution is 2.37. The first-order valence-electron chi connectivity index (χ1n) is 10.3. The summed E-state index contributed by atoms with van der Waals surface area (Å²) in [5, 5.41) is 3.12. The quantitative estimate of drug-likeness (QED) is 0.548. The topological polar surface area (TPSA) is 67.9 Å². The van der Waals surface area contributed by atoms with Crippen molar-refractivity contribution in [1.29, 1.82) is 0 Å². The van der Waals surface area contributed by atoms with Crippen LogP contribution in [0.1, 0.15) is 16.7 Å². The van der Waals surface area contributed by atoms with Gasteiger partial charge in [0.1, 0.15) is 11.5 Å². The number of rotatable bonds is 6. The zero-order valence-corrected chi connectivity index (χ0v) is 18.7. The molecule has 0 spiro atoms. The number of hydrogen-bond donors (Lipinski definition) is 1. The Labute approximate surface area is 191 Å². The molecule has 168 valence electrons. The Morgan fingerprint density at radius 2 is 1.58 bits per heavy atom. The predicted octanol–water partition coefficient (Wildman–Crippen LogP) is 4.86. The predicted molar refractivity (Wildman–Crippen MR) is 125 cm³/mol. The summed E-state index contributed by atoms with van der Waals surface area (Å²) >= 11 is 0. The summed E-state index contributed by atoms with van der Waals surface area (Å²) in [5.74, 6) is -0.782. The molecule has 0 unspecified atom stereocenters. The van der Waals surface area contributed by atoms with Gasteiger partial charge in [0.2, 0.25) is 0 Å². The van der Waals surface area contributed by atoms with Gasteiger partial charge in [-0.2, -0.15) is 0 Å². The lowest BCUT2D eigenvalue weighted by Gasteiger charge is -2.15. The Hall–Kier alpha value is -4.13. The zero-order chi connectivity index (χ0) is 23.7.